The van der Waals surface area contributed by atoms with Crippen molar-refractivity contribution in [3.8, 4) is 5.75 Å². The number of ether oxygens (including phenoxy) is 1. The van der Waals surface area contributed by atoms with Crippen molar-refractivity contribution in [1.82, 2.24) is 4.90 Å². The van der Waals surface area contributed by atoms with Gasteiger partial charge in [0.2, 0.25) is 5.91 Å². The molecule has 2 atom stereocenters. The number of piperidine rings is 1. The van der Waals surface area contributed by atoms with Gasteiger partial charge in [0.05, 0.1) is 10.6 Å². The van der Waals surface area contributed by atoms with E-state index in [1.807, 2.05) is 6.92 Å². The first-order valence-corrected chi connectivity index (χ1v) is 8.61. The van der Waals surface area contributed by atoms with Gasteiger partial charge in [-0.1, -0.05) is 0 Å². The number of nitrogens with two attached hydrogens (primary N) is 1. The highest BCUT2D eigenvalue weighted by Gasteiger charge is 2.32. The lowest BCUT2D eigenvalue weighted by atomic mass is 9.92. The number of carbonyl (C=O) groups is 2. The van der Waals surface area contributed by atoms with Crippen molar-refractivity contribution < 1.29 is 19.2 Å². The molecule has 0 saturated carbocycles. The summed E-state index contributed by atoms with van der Waals surface area (Å²) in [5, 5.41) is 11.0. The van der Waals surface area contributed by atoms with Crippen LogP contribution in [0.2, 0.25) is 0 Å². The number of carbonyl (C=O) groups excluding carboxylic acids is 2. The first-order valence-electron chi connectivity index (χ1n) is 8.61. The Balaban J connectivity index is 0.00000261. The Labute approximate surface area is 163 Å². The van der Waals surface area contributed by atoms with E-state index in [4.69, 9.17) is 10.5 Å². The van der Waals surface area contributed by atoms with Gasteiger partial charge in [-0.05, 0) is 31.7 Å². The summed E-state index contributed by atoms with van der Waals surface area (Å²) in [5.41, 5.74) is 6.06. The van der Waals surface area contributed by atoms with Gasteiger partial charge in [0.15, 0.2) is 6.61 Å². The first kappa shape index (κ1) is 20.9. The van der Waals surface area contributed by atoms with E-state index in [0.29, 0.717) is 18.8 Å². The van der Waals surface area contributed by atoms with E-state index in [9.17, 15) is 19.7 Å². The summed E-state index contributed by atoms with van der Waals surface area (Å²) >= 11 is 0. The molecule has 3 rings (SSSR count). The fourth-order valence-corrected chi connectivity index (χ4v) is 3.38. The van der Waals surface area contributed by atoms with E-state index in [0.717, 1.165) is 12.8 Å². The molecule has 1 saturated heterocycles. The predicted octanol–water partition coefficient (Wildman–Crippen LogP) is 1.33. The lowest BCUT2D eigenvalue weighted by Gasteiger charge is -2.36. The highest BCUT2D eigenvalue weighted by molar-refractivity contribution is 6.02. The van der Waals surface area contributed by atoms with Crippen LogP contribution in [-0.2, 0) is 9.59 Å². The second-order valence-corrected chi connectivity index (χ2v) is 6.78. The molecule has 0 radical (unpaired) electrons. The molecule has 9 nitrogen and oxygen atoms in total. The number of halogens is 1. The number of non-ortho nitro benzene ring substituents is 1. The molecule has 0 spiro atoms. The van der Waals surface area contributed by atoms with Crippen LogP contribution >= 0.6 is 12.4 Å². The number of hydrogen-bond acceptors (Lipinski definition) is 6. The van der Waals surface area contributed by atoms with Crippen LogP contribution in [0.1, 0.15) is 19.8 Å². The van der Waals surface area contributed by atoms with Gasteiger partial charge in [0, 0.05) is 31.3 Å². The molecule has 2 unspecified atom stereocenters. The van der Waals surface area contributed by atoms with Gasteiger partial charge in [0.1, 0.15) is 12.3 Å². The van der Waals surface area contributed by atoms with Crippen LogP contribution in [-0.4, -0.2) is 53.9 Å². The number of amides is 2. The Morgan fingerprint density at radius 1 is 1.48 bits per heavy atom. The third-order valence-corrected chi connectivity index (χ3v) is 4.94. The summed E-state index contributed by atoms with van der Waals surface area (Å²) in [4.78, 5) is 38.5. The molecule has 0 aliphatic carbocycles. The number of nitrogens with zero attached hydrogens (tertiary/aromatic N) is 3. The SMILES string of the molecule is CC(N)C1CCCN(C(=O)CN2C(=O)COc3ccc([N+](=O)[O-])cc32)C1.Cl. The van der Waals surface area contributed by atoms with Gasteiger partial charge >= 0.3 is 0 Å². The van der Waals surface area contributed by atoms with Gasteiger partial charge in [0.25, 0.3) is 11.6 Å². The van der Waals surface area contributed by atoms with E-state index >= 15 is 0 Å². The normalized spacial score (nSPS) is 20.2. The van der Waals surface area contributed by atoms with Crippen LogP contribution in [0.5, 0.6) is 5.75 Å². The molecule has 1 fully saturated rings. The third-order valence-electron chi connectivity index (χ3n) is 4.94. The monoisotopic (exact) mass is 398 g/mol. The number of nitro groups is 1. The van der Waals surface area contributed by atoms with E-state index < -0.39 is 10.8 Å². The van der Waals surface area contributed by atoms with Crippen molar-refractivity contribution in [3.63, 3.8) is 0 Å². The predicted molar refractivity (Wildman–Crippen MR) is 101 cm³/mol. The van der Waals surface area contributed by atoms with Crippen molar-refractivity contribution in [3.05, 3.63) is 28.3 Å². The van der Waals surface area contributed by atoms with Gasteiger partial charge in [-0.15, -0.1) is 12.4 Å². The number of rotatable bonds is 4. The molecule has 2 aliphatic rings. The molecule has 0 bridgehead atoms. The second-order valence-electron chi connectivity index (χ2n) is 6.78. The first-order chi connectivity index (χ1) is 12.4. The summed E-state index contributed by atoms with van der Waals surface area (Å²) in [6.07, 6.45) is 1.85. The molecule has 2 N–H and O–H groups in total. The zero-order chi connectivity index (χ0) is 18.8. The molecular weight excluding hydrogens is 376 g/mol. The van der Waals surface area contributed by atoms with Crippen LogP contribution < -0.4 is 15.4 Å². The van der Waals surface area contributed by atoms with Gasteiger partial charge in [-0.2, -0.15) is 0 Å². The zero-order valence-corrected chi connectivity index (χ0v) is 15.8. The summed E-state index contributed by atoms with van der Waals surface area (Å²) in [5.74, 6) is 0.00622. The Hall–Kier alpha value is -2.39. The minimum atomic E-state index is -0.544. The lowest BCUT2D eigenvalue weighted by Crippen LogP contribution is -2.50. The molecule has 1 aromatic carbocycles. The van der Waals surface area contributed by atoms with Crippen LogP contribution in [0.3, 0.4) is 0 Å². The fourth-order valence-electron chi connectivity index (χ4n) is 3.38. The topological polar surface area (TPSA) is 119 Å². The molecule has 0 aromatic heterocycles. The van der Waals surface area contributed by atoms with Crippen molar-refractivity contribution >= 4 is 35.6 Å². The Morgan fingerprint density at radius 2 is 2.22 bits per heavy atom. The molecule has 10 heteroatoms. The molecule has 2 heterocycles. The third kappa shape index (κ3) is 4.48. The van der Waals surface area contributed by atoms with Crippen molar-refractivity contribution in [2.75, 3.05) is 31.1 Å². The second kappa shape index (κ2) is 8.53. The van der Waals surface area contributed by atoms with Crippen LogP contribution in [0.15, 0.2) is 18.2 Å². The van der Waals surface area contributed by atoms with Gasteiger partial charge in [-0.3, -0.25) is 24.6 Å². The molecular formula is C17H23ClN4O5. The van der Waals surface area contributed by atoms with Crippen LogP contribution in [0.4, 0.5) is 11.4 Å². The summed E-state index contributed by atoms with van der Waals surface area (Å²) < 4.78 is 5.32. The van der Waals surface area contributed by atoms with E-state index in [1.165, 1.54) is 23.1 Å². The minimum Gasteiger partial charge on any atom is -0.482 e. The number of likely N-dealkylation sites (tertiary alicyclic amines) is 1. The molecule has 2 aliphatic heterocycles. The number of fused-ring (bicyclic) bond motifs is 1. The van der Waals surface area contributed by atoms with Gasteiger partial charge in [-0.25, -0.2) is 0 Å². The van der Waals surface area contributed by atoms with Crippen molar-refractivity contribution in [1.29, 1.82) is 0 Å². The Bertz CT molecular complexity index is 742. The lowest BCUT2D eigenvalue weighted by molar-refractivity contribution is -0.384. The quantitative estimate of drug-likeness (QED) is 0.603. The van der Waals surface area contributed by atoms with Crippen molar-refractivity contribution in [2.24, 2.45) is 11.7 Å². The molecule has 148 valence electrons. The maximum atomic E-state index is 12.7. The number of hydrogen-bond donors (Lipinski definition) is 1. The van der Waals surface area contributed by atoms with Crippen LogP contribution in [0, 0.1) is 16.0 Å². The zero-order valence-electron chi connectivity index (χ0n) is 15.0. The number of anilines is 1. The fraction of sp³-hybridized carbons (Fsp3) is 0.529. The molecule has 27 heavy (non-hydrogen) atoms. The maximum Gasteiger partial charge on any atom is 0.271 e. The highest BCUT2D eigenvalue weighted by Crippen LogP contribution is 2.35. The van der Waals surface area contributed by atoms with E-state index in [2.05, 4.69) is 0 Å². The average molecular weight is 399 g/mol. The van der Waals surface area contributed by atoms with Crippen LogP contribution in [0.25, 0.3) is 0 Å². The Kier molecular flexibility index (Phi) is 6.61. The smallest absolute Gasteiger partial charge is 0.271 e. The summed E-state index contributed by atoms with van der Waals surface area (Å²) in [6, 6.07) is 4.02. The standard InChI is InChI=1S/C17H22N4O5.ClH/c1-11(18)12-3-2-6-19(8-12)16(22)9-20-14-7-13(21(24)25)4-5-15(14)26-10-17(20)23;/h4-5,7,11-12H,2-3,6,8-10,18H2,1H3;1H. The summed E-state index contributed by atoms with van der Waals surface area (Å²) in [6.45, 7) is 2.77. The number of benzene rings is 1. The Morgan fingerprint density at radius 3 is 2.89 bits per heavy atom. The van der Waals surface area contributed by atoms with E-state index in [-0.39, 0.29) is 54.8 Å². The van der Waals surface area contributed by atoms with Crippen molar-refractivity contribution in [2.45, 2.75) is 25.8 Å². The maximum absolute atomic E-state index is 12.7. The van der Waals surface area contributed by atoms with Gasteiger partial charge < -0.3 is 15.4 Å². The largest absolute Gasteiger partial charge is 0.482 e. The molecule has 1 aromatic rings. The average Bonchev–Trinajstić information content (AvgIpc) is 2.63. The van der Waals surface area contributed by atoms with E-state index in [1.54, 1.807) is 4.90 Å². The molecule has 2 amide bonds. The number of nitro benzene ring substituents is 1. The minimum absolute atomic E-state index is 0. The highest BCUT2D eigenvalue weighted by atomic mass is 35.5. The summed E-state index contributed by atoms with van der Waals surface area (Å²) in [7, 11) is 0.